The van der Waals surface area contributed by atoms with Crippen molar-refractivity contribution in [2.45, 2.75) is 69.2 Å². The molecular formula is C18H32. The zero-order valence-electron chi connectivity index (χ0n) is 14.2. The number of benzene rings is 1. The quantitative estimate of drug-likeness (QED) is 0.546. The Balaban J connectivity index is 0. The first-order valence-corrected chi connectivity index (χ1v) is 7.10. The summed E-state index contributed by atoms with van der Waals surface area (Å²) in [5.74, 6) is 0. The first-order valence-electron chi connectivity index (χ1n) is 7.10. The summed E-state index contributed by atoms with van der Waals surface area (Å²) in [6.45, 7) is 25.1. The summed E-state index contributed by atoms with van der Waals surface area (Å²) in [5.41, 5.74) is 9.54. The molecule has 1 aromatic carbocycles. The van der Waals surface area contributed by atoms with Crippen molar-refractivity contribution >= 4 is 5.57 Å². The zero-order valence-corrected chi connectivity index (χ0v) is 14.2. The average Bonchev–Trinajstić information content (AvgIpc) is 2.38. The van der Waals surface area contributed by atoms with E-state index in [9.17, 15) is 0 Å². The molecule has 0 amide bonds. The van der Waals surface area contributed by atoms with E-state index in [-0.39, 0.29) is 0 Å². The third-order valence-corrected chi connectivity index (χ3v) is 3.43. The van der Waals surface area contributed by atoms with Gasteiger partial charge in [-0.1, -0.05) is 39.8 Å². The highest BCUT2D eigenvalue weighted by Gasteiger charge is 2.11. The van der Waals surface area contributed by atoms with Gasteiger partial charge in [-0.3, -0.25) is 0 Å². The molecule has 0 saturated carbocycles. The second-order valence-electron chi connectivity index (χ2n) is 4.28. The standard InChI is InChI=1S/C14H20.2C2H6/c1-8(2)14-12(6)10(4)9(3)11(5)13(14)7;2*1-2/h1H2,2-7H3;2*1-2H3. The van der Waals surface area contributed by atoms with Gasteiger partial charge in [-0.05, 0) is 74.9 Å². The van der Waals surface area contributed by atoms with E-state index < -0.39 is 0 Å². The van der Waals surface area contributed by atoms with Crippen molar-refractivity contribution < 1.29 is 0 Å². The summed E-state index contributed by atoms with van der Waals surface area (Å²) < 4.78 is 0. The van der Waals surface area contributed by atoms with Crippen LogP contribution in [0.15, 0.2) is 6.58 Å². The minimum absolute atomic E-state index is 1.17. The van der Waals surface area contributed by atoms with E-state index >= 15 is 0 Å². The second kappa shape index (κ2) is 8.97. The van der Waals surface area contributed by atoms with Gasteiger partial charge >= 0.3 is 0 Å². The van der Waals surface area contributed by atoms with Crippen molar-refractivity contribution in [1.29, 1.82) is 0 Å². The molecule has 0 aromatic heterocycles. The summed E-state index contributed by atoms with van der Waals surface area (Å²) in [6, 6.07) is 0. The van der Waals surface area contributed by atoms with Gasteiger partial charge in [0.05, 0.1) is 0 Å². The lowest BCUT2D eigenvalue weighted by Gasteiger charge is -2.18. The van der Waals surface area contributed by atoms with Crippen LogP contribution < -0.4 is 0 Å². The highest BCUT2D eigenvalue weighted by molar-refractivity contribution is 5.71. The topological polar surface area (TPSA) is 0 Å². The van der Waals surface area contributed by atoms with Gasteiger partial charge in [0, 0.05) is 0 Å². The van der Waals surface area contributed by atoms with Crippen molar-refractivity contribution in [2.75, 3.05) is 0 Å². The fraction of sp³-hybridized carbons (Fsp3) is 0.556. The molecule has 0 N–H and O–H groups in total. The Hall–Kier alpha value is -1.04. The van der Waals surface area contributed by atoms with Crippen LogP contribution in [0, 0.1) is 34.6 Å². The molecule has 0 spiro atoms. The molecule has 0 saturated heterocycles. The maximum Gasteiger partial charge on any atom is -0.0169 e. The highest BCUT2D eigenvalue weighted by Crippen LogP contribution is 2.29. The summed E-state index contributed by atoms with van der Waals surface area (Å²) >= 11 is 0. The number of rotatable bonds is 1. The molecule has 0 heteroatoms. The van der Waals surface area contributed by atoms with E-state index in [1.54, 1.807) is 0 Å². The maximum atomic E-state index is 4.06. The molecule has 18 heavy (non-hydrogen) atoms. The van der Waals surface area contributed by atoms with Crippen LogP contribution in [0.4, 0.5) is 0 Å². The fourth-order valence-corrected chi connectivity index (χ4v) is 2.14. The summed E-state index contributed by atoms with van der Waals surface area (Å²) in [7, 11) is 0. The van der Waals surface area contributed by atoms with E-state index in [1.165, 1.54) is 39.0 Å². The smallest absolute Gasteiger partial charge is 0.0169 e. The van der Waals surface area contributed by atoms with Gasteiger partial charge < -0.3 is 0 Å². The first-order chi connectivity index (χ1) is 8.37. The lowest BCUT2D eigenvalue weighted by atomic mass is 9.87. The van der Waals surface area contributed by atoms with E-state index in [0.717, 1.165) is 0 Å². The number of hydrogen-bond acceptors (Lipinski definition) is 0. The van der Waals surface area contributed by atoms with Crippen LogP contribution in [-0.2, 0) is 0 Å². The Morgan fingerprint density at radius 3 is 1.06 bits per heavy atom. The van der Waals surface area contributed by atoms with Gasteiger partial charge in [0.2, 0.25) is 0 Å². The molecule has 1 aromatic rings. The lowest BCUT2D eigenvalue weighted by Crippen LogP contribution is -2.00. The van der Waals surface area contributed by atoms with Crippen LogP contribution in [0.1, 0.15) is 68.0 Å². The molecule has 104 valence electrons. The molecule has 0 aliphatic rings. The SMILES string of the molecule is C=C(C)c1c(C)c(C)c(C)c(C)c1C.CC.CC. The molecule has 0 aliphatic carbocycles. The summed E-state index contributed by atoms with van der Waals surface area (Å²) in [6.07, 6.45) is 0. The van der Waals surface area contributed by atoms with Crippen LogP contribution in [-0.4, -0.2) is 0 Å². The third kappa shape index (κ3) is 4.01. The fourth-order valence-electron chi connectivity index (χ4n) is 2.14. The monoisotopic (exact) mass is 248 g/mol. The first kappa shape index (κ1) is 19.3. The Kier molecular flexibility index (Phi) is 9.61. The minimum atomic E-state index is 1.17. The predicted molar refractivity (Wildman–Crippen MR) is 87.5 cm³/mol. The third-order valence-electron chi connectivity index (χ3n) is 3.43. The largest absolute Gasteiger partial charge is 0.0955 e. The second-order valence-corrected chi connectivity index (χ2v) is 4.28. The molecular weight excluding hydrogens is 216 g/mol. The van der Waals surface area contributed by atoms with Gasteiger partial charge in [0.25, 0.3) is 0 Å². The Morgan fingerprint density at radius 1 is 0.611 bits per heavy atom. The molecule has 0 heterocycles. The Labute approximate surface area is 115 Å². The van der Waals surface area contributed by atoms with Crippen LogP contribution >= 0.6 is 0 Å². The van der Waals surface area contributed by atoms with Crippen molar-refractivity contribution in [3.63, 3.8) is 0 Å². The van der Waals surface area contributed by atoms with Gasteiger partial charge in [-0.15, -0.1) is 0 Å². The van der Waals surface area contributed by atoms with Crippen molar-refractivity contribution in [1.82, 2.24) is 0 Å². The number of allylic oxidation sites excluding steroid dienone is 1. The Morgan fingerprint density at radius 2 is 0.833 bits per heavy atom. The normalized spacial score (nSPS) is 8.78. The molecule has 0 nitrogen and oxygen atoms in total. The number of hydrogen-bond donors (Lipinski definition) is 0. The van der Waals surface area contributed by atoms with Gasteiger partial charge in [-0.2, -0.15) is 0 Å². The summed E-state index contributed by atoms with van der Waals surface area (Å²) in [4.78, 5) is 0. The maximum absolute atomic E-state index is 4.06. The van der Waals surface area contributed by atoms with Crippen LogP contribution in [0.5, 0.6) is 0 Å². The molecule has 0 atom stereocenters. The summed E-state index contributed by atoms with van der Waals surface area (Å²) in [5, 5.41) is 0. The molecule has 0 bridgehead atoms. The van der Waals surface area contributed by atoms with Crippen molar-refractivity contribution in [3.05, 3.63) is 40.0 Å². The van der Waals surface area contributed by atoms with E-state index in [2.05, 4.69) is 48.1 Å². The molecule has 0 unspecified atom stereocenters. The molecule has 1 rings (SSSR count). The van der Waals surface area contributed by atoms with Gasteiger partial charge in [0.1, 0.15) is 0 Å². The molecule has 0 radical (unpaired) electrons. The lowest BCUT2D eigenvalue weighted by molar-refractivity contribution is 1.16. The Bertz CT molecular complexity index is 366. The van der Waals surface area contributed by atoms with Crippen LogP contribution in [0.25, 0.3) is 5.57 Å². The van der Waals surface area contributed by atoms with Crippen molar-refractivity contribution in [3.8, 4) is 0 Å². The highest BCUT2D eigenvalue weighted by atomic mass is 14.2. The van der Waals surface area contributed by atoms with E-state index in [4.69, 9.17) is 0 Å². The van der Waals surface area contributed by atoms with Gasteiger partial charge in [-0.25, -0.2) is 0 Å². The van der Waals surface area contributed by atoms with Crippen molar-refractivity contribution in [2.24, 2.45) is 0 Å². The minimum Gasteiger partial charge on any atom is -0.0955 e. The van der Waals surface area contributed by atoms with E-state index in [1.807, 2.05) is 27.7 Å². The van der Waals surface area contributed by atoms with Gasteiger partial charge in [0.15, 0.2) is 0 Å². The average molecular weight is 248 g/mol. The predicted octanol–water partition coefficient (Wildman–Crippen LogP) is 6.31. The molecule has 0 fully saturated rings. The van der Waals surface area contributed by atoms with Crippen LogP contribution in [0.2, 0.25) is 0 Å². The molecule has 0 aliphatic heterocycles. The van der Waals surface area contributed by atoms with Crippen LogP contribution in [0.3, 0.4) is 0 Å². The van der Waals surface area contributed by atoms with E-state index in [0.29, 0.717) is 0 Å². The zero-order chi connectivity index (χ0) is 15.0.